The van der Waals surface area contributed by atoms with Gasteiger partial charge in [0.2, 0.25) is 11.8 Å². The fourth-order valence-corrected chi connectivity index (χ4v) is 2.25. The molecule has 0 saturated heterocycles. The van der Waals surface area contributed by atoms with E-state index in [1.165, 1.54) is 27.4 Å². The number of nitrogens with zero attached hydrogens (tertiary/aromatic N) is 3. The maximum absolute atomic E-state index is 12.5. The zero-order valence-electron chi connectivity index (χ0n) is 15.8. The molecule has 0 spiro atoms. The Hall–Kier alpha value is -3.36. The minimum Gasteiger partial charge on any atom is -0.481 e. The third kappa shape index (κ3) is 4.84. The Morgan fingerprint density at radius 2 is 1.78 bits per heavy atom. The fraction of sp³-hybridized carbons (Fsp3) is 0.333. The van der Waals surface area contributed by atoms with Crippen LogP contribution in [-0.4, -0.2) is 49.6 Å². The van der Waals surface area contributed by atoms with Crippen molar-refractivity contribution in [1.82, 2.24) is 9.97 Å². The van der Waals surface area contributed by atoms with Gasteiger partial charge in [0.15, 0.2) is 0 Å². The molecule has 0 aliphatic rings. The maximum atomic E-state index is 12.5. The highest BCUT2D eigenvalue weighted by Gasteiger charge is 2.22. The second-order valence-electron chi connectivity index (χ2n) is 5.10. The molecule has 0 aliphatic carbocycles. The largest absolute Gasteiger partial charge is 0.481 e. The van der Waals surface area contributed by atoms with E-state index in [-0.39, 0.29) is 35.7 Å². The molecule has 0 saturated carbocycles. The van der Waals surface area contributed by atoms with Crippen LogP contribution < -0.4 is 14.2 Å². The smallest absolute Gasteiger partial charge is 0.342 e. The van der Waals surface area contributed by atoms with Crippen LogP contribution in [0.1, 0.15) is 29.8 Å². The van der Waals surface area contributed by atoms with Crippen molar-refractivity contribution in [3.63, 3.8) is 0 Å². The minimum absolute atomic E-state index is 0.0461. The second kappa shape index (κ2) is 9.37. The number of ether oxygens (including phenoxy) is 4. The summed E-state index contributed by atoms with van der Waals surface area (Å²) in [7, 11) is 4.34. The van der Waals surface area contributed by atoms with E-state index in [0.29, 0.717) is 11.3 Å². The number of carbonyl (C=O) groups excluding carboxylic acids is 1. The number of oxime groups is 1. The molecule has 1 aromatic heterocycles. The Morgan fingerprint density at radius 3 is 2.33 bits per heavy atom. The summed E-state index contributed by atoms with van der Waals surface area (Å²) in [4.78, 5) is 25.6. The third-order valence-electron chi connectivity index (χ3n) is 3.40. The summed E-state index contributed by atoms with van der Waals surface area (Å²) in [5.41, 5.74) is 1.17. The van der Waals surface area contributed by atoms with Crippen molar-refractivity contribution in [2.75, 3.05) is 27.9 Å². The van der Waals surface area contributed by atoms with Gasteiger partial charge < -0.3 is 23.8 Å². The SMILES string of the molecule is CCOC(=O)c1c(Oc2nc(OC)cc(OC)n2)cccc1/C(C)=N/OC. The first-order chi connectivity index (χ1) is 13.0. The molecule has 9 heteroatoms. The van der Waals surface area contributed by atoms with Gasteiger partial charge in [0, 0.05) is 5.56 Å². The van der Waals surface area contributed by atoms with Gasteiger partial charge in [-0.3, -0.25) is 0 Å². The van der Waals surface area contributed by atoms with Gasteiger partial charge >= 0.3 is 12.0 Å². The molecule has 0 radical (unpaired) electrons. The van der Waals surface area contributed by atoms with E-state index in [4.69, 9.17) is 23.8 Å². The Kier molecular flexibility index (Phi) is 6.93. The van der Waals surface area contributed by atoms with Crippen LogP contribution in [0.3, 0.4) is 0 Å². The molecular weight excluding hydrogens is 354 g/mol. The van der Waals surface area contributed by atoms with Gasteiger partial charge in [-0.15, -0.1) is 0 Å². The van der Waals surface area contributed by atoms with E-state index in [0.717, 1.165) is 0 Å². The summed E-state index contributed by atoms with van der Waals surface area (Å²) in [6, 6.07) is 6.48. The highest BCUT2D eigenvalue weighted by atomic mass is 16.6. The third-order valence-corrected chi connectivity index (χ3v) is 3.40. The van der Waals surface area contributed by atoms with Crippen LogP contribution in [0.4, 0.5) is 0 Å². The van der Waals surface area contributed by atoms with Gasteiger partial charge in [-0.2, -0.15) is 9.97 Å². The van der Waals surface area contributed by atoms with Crippen molar-refractivity contribution < 1.29 is 28.6 Å². The normalized spacial score (nSPS) is 10.9. The van der Waals surface area contributed by atoms with Crippen molar-refractivity contribution in [3.8, 4) is 23.5 Å². The summed E-state index contributed by atoms with van der Waals surface area (Å²) < 4.78 is 21.1. The summed E-state index contributed by atoms with van der Waals surface area (Å²) in [5.74, 6) is 0.140. The average molecular weight is 375 g/mol. The molecule has 144 valence electrons. The molecule has 0 N–H and O–H groups in total. The quantitative estimate of drug-likeness (QED) is 0.394. The lowest BCUT2D eigenvalue weighted by Gasteiger charge is -2.14. The van der Waals surface area contributed by atoms with Crippen LogP contribution in [0.2, 0.25) is 0 Å². The number of hydrogen-bond donors (Lipinski definition) is 0. The lowest BCUT2D eigenvalue weighted by molar-refractivity contribution is 0.0523. The van der Waals surface area contributed by atoms with Crippen LogP contribution in [0.5, 0.6) is 23.5 Å². The number of aromatic nitrogens is 2. The number of carbonyl (C=O) groups is 1. The maximum Gasteiger partial charge on any atom is 0.342 e. The first-order valence-electron chi connectivity index (χ1n) is 8.07. The molecule has 0 fully saturated rings. The van der Waals surface area contributed by atoms with Gasteiger partial charge in [-0.1, -0.05) is 17.3 Å². The number of rotatable bonds is 8. The molecule has 0 unspecified atom stereocenters. The predicted molar refractivity (Wildman–Crippen MR) is 96.8 cm³/mol. The number of methoxy groups -OCH3 is 2. The highest BCUT2D eigenvalue weighted by molar-refractivity contribution is 6.09. The Balaban J connectivity index is 2.54. The summed E-state index contributed by atoms with van der Waals surface area (Å²) >= 11 is 0. The lowest BCUT2D eigenvalue weighted by atomic mass is 10.0. The van der Waals surface area contributed by atoms with Crippen molar-refractivity contribution in [2.24, 2.45) is 5.16 Å². The number of esters is 1. The molecule has 0 atom stereocenters. The van der Waals surface area contributed by atoms with Crippen molar-refractivity contribution in [2.45, 2.75) is 13.8 Å². The van der Waals surface area contributed by atoms with Crippen molar-refractivity contribution >= 4 is 11.7 Å². The monoisotopic (exact) mass is 375 g/mol. The van der Waals surface area contributed by atoms with Gasteiger partial charge in [-0.25, -0.2) is 4.79 Å². The number of benzene rings is 1. The fourth-order valence-electron chi connectivity index (χ4n) is 2.25. The molecular formula is C18H21N3O6. The molecule has 1 heterocycles. The molecule has 1 aromatic carbocycles. The van der Waals surface area contributed by atoms with E-state index >= 15 is 0 Å². The van der Waals surface area contributed by atoms with Crippen molar-refractivity contribution in [3.05, 3.63) is 35.4 Å². The number of hydrogen-bond acceptors (Lipinski definition) is 9. The average Bonchev–Trinajstić information content (AvgIpc) is 2.67. The van der Waals surface area contributed by atoms with Gasteiger partial charge in [0.1, 0.15) is 18.4 Å². The Morgan fingerprint density at radius 1 is 1.11 bits per heavy atom. The van der Waals surface area contributed by atoms with Crippen LogP contribution in [-0.2, 0) is 9.57 Å². The van der Waals surface area contributed by atoms with Crippen LogP contribution in [0.15, 0.2) is 29.4 Å². The lowest BCUT2D eigenvalue weighted by Crippen LogP contribution is -2.13. The summed E-state index contributed by atoms with van der Waals surface area (Å²) in [6.45, 7) is 3.63. The van der Waals surface area contributed by atoms with Crippen LogP contribution in [0.25, 0.3) is 0 Å². The minimum atomic E-state index is -0.566. The zero-order chi connectivity index (χ0) is 19.8. The molecule has 9 nitrogen and oxygen atoms in total. The molecule has 2 rings (SSSR count). The van der Waals surface area contributed by atoms with E-state index in [9.17, 15) is 4.79 Å². The summed E-state index contributed by atoms with van der Waals surface area (Å²) in [6.07, 6.45) is 0. The van der Waals surface area contributed by atoms with E-state index in [1.54, 1.807) is 32.0 Å². The van der Waals surface area contributed by atoms with Crippen molar-refractivity contribution in [1.29, 1.82) is 0 Å². The Bertz CT molecular complexity index is 816. The topological polar surface area (TPSA) is 101 Å². The molecule has 0 bridgehead atoms. The van der Waals surface area contributed by atoms with Crippen LogP contribution in [0, 0.1) is 0 Å². The standard InChI is InChI=1S/C18H21N3O6/c1-6-26-17(22)16-12(11(2)21-25-5)8-7-9-13(16)27-18-19-14(23-3)10-15(20-18)24-4/h7-10H,6H2,1-5H3/b21-11+. The van der Waals surface area contributed by atoms with E-state index in [1.807, 2.05) is 0 Å². The molecule has 2 aromatic rings. The predicted octanol–water partition coefficient (Wildman–Crippen LogP) is 2.83. The highest BCUT2D eigenvalue weighted by Crippen LogP contribution is 2.29. The van der Waals surface area contributed by atoms with Gasteiger partial charge in [-0.05, 0) is 19.9 Å². The van der Waals surface area contributed by atoms with Gasteiger partial charge in [0.05, 0.1) is 32.6 Å². The molecule has 0 aliphatic heterocycles. The van der Waals surface area contributed by atoms with Crippen LogP contribution >= 0.6 is 0 Å². The first-order valence-corrected chi connectivity index (χ1v) is 8.07. The van der Waals surface area contributed by atoms with E-state index in [2.05, 4.69) is 15.1 Å². The van der Waals surface area contributed by atoms with E-state index < -0.39 is 5.97 Å². The zero-order valence-corrected chi connectivity index (χ0v) is 15.8. The summed E-state index contributed by atoms with van der Waals surface area (Å²) in [5, 5.41) is 3.88. The molecule has 0 amide bonds. The Labute approximate surface area is 156 Å². The molecule has 27 heavy (non-hydrogen) atoms. The first kappa shape index (κ1) is 20.0. The van der Waals surface area contributed by atoms with Gasteiger partial charge in [0.25, 0.3) is 0 Å². The second-order valence-corrected chi connectivity index (χ2v) is 5.10.